The largest absolute Gasteiger partial charge is 0.550 e. The standard InChI is InChI=1S/C16H13NO3S/c1-10-6-7-12(20-10)8-11(9-15(18)19)16-17-13-4-2-3-5-14(13)21-16/h2-8H,9H2,1H3,(H,18,19)/p-1/b11-8+. The molecular weight excluding hydrogens is 286 g/mol. The Kier molecular flexibility index (Phi) is 3.58. The summed E-state index contributed by atoms with van der Waals surface area (Å²) in [5.41, 5.74) is 1.45. The van der Waals surface area contributed by atoms with Crippen molar-refractivity contribution in [2.75, 3.05) is 0 Å². The molecular formula is C16H12NO3S-. The van der Waals surface area contributed by atoms with E-state index in [-0.39, 0.29) is 6.42 Å². The molecule has 0 aliphatic carbocycles. The molecule has 106 valence electrons. The first-order valence-electron chi connectivity index (χ1n) is 6.44. The number of fused-ring (bicyclic) bond motifs is 1. The maximum atomic E-state index is 11.0. The quantitative estimate of drug-likeness (QED) is 0.743. The number of aliphatic carboxylic acids is 1. The summed E-state index contributed by atoms with van der Waals surface area (Å²) in [6, 6.07) is 11.3. The zero-order valence-corrected chi connectivity index (χ0v) is 12.1. The number of carboxylic acids is 1. The molecule has 5 heteroatoms. The first-order chi connectivity index (χ1) is 10.1. The lowest BCUT2D eigenvalue weighted by Crippen LogP contribution is -2.22. The number of aryl methyl sites for hydroxylation is 1. The van der Waals surface area contributed by atoms with Crippen molar-refractivity contribution in [1.29, 1.82) is 0 Å². The minimum atomic E-state index is -1.14. The number of aromatic nitrogens is 1. The molecule has 0 saturated carbocycles. The minimum absolute atomic E-state index is 0.195. The number of carboxylic acid groups (broad SMARTS) is 1. The second-order valence-corrected chi connectivity index (χ2v) is 5.68. The first kappa shape index (κ1) is 13.6. The van der Waals surface area contributed by atoms with Crippen molar-refractivity contribution in [2.45, 2.75) is 13.3 Å². The zero-order chi connectivity index (χ0) is 14.8. The van der Waals surface area contributed by atoms with Gasteiger partial charge in [0.25, 0.3) is 0 Å². The fourth-order valence-corrected chi connectivity index (χ4v) is 3.04. The van der Waals surface area contributed by atoms with Gasteiger partial charge in [-0.15, -0.1) is 11.3 Å². The molecule has 0 aliphatic rings. The molecule has 0 fully saturated rings. The van der Waals surface area contributed by atoms with Crippen molar-refractivity contribution in [3.63, 3.8) is 0 Å². The smallest absolute Gasteiger partial charge is 0.127 e. The molecule has 21 heavy (non-hydrogen) atoms. The summed E-state index contributed by atoms with van der Waals surface area (Å²) in [5.74, 6) is 0.255. The van der Waals surface area contributed by atoms with E-state index in [0.29, 0.717) is 16.3 Å². The Labute approximate surface area is 125 Å². The van der Waals surface area contributed by atoms with Crippen LogP contribution >= 0.6 is 11.3 Å². The van der Waals surface area contributed by atoms with E-state index >= 15 is 0 Å². The molecule has 0 aliphatic heterocycles. The zero-order valence-electron chi connectivity index (χ0n) is 11.3. The molecule has 3 rings (SSSR count). The molecule has 3 aromatic rings. The summed E-state index contributed by atoms with van der Waals surface area (Å²) in [4.78, 5) is 15.5. The van der Waals surface area contributed by atoms with Gasteiger partial charge in [0.15, 0.2) is 0 Å². The van der Waals surface area contributed by atoms with Crippen LogP contribution in [-0.2, 0) is 4.79 Å². The first-order valence-corrected chi connectivity index (χ1v) is 7.26. The Morgan fingerprint density at radius 2 is 2.14 bits per heavy atom. The van der Waals surface area contributed by atoms with E-state index < -0.39 is 5.97 Å². The summed E-state index contributed by atoms with van der Waals surface area (Å²) in [6.45, 7) is 1.84. The van der Waals surface area contributed by atoms with Crippen LogP contribution in [0.1, 0.15) is 22.9 Å². The molecule has 0 bridgehead atoms. The fraction of sp³-hybridized carbons (Fsp3) is 0.125. The third kappa shape index (κ3) is 3.03. The highest BCUT2D eigenvalue weighted by Crippen LogP contribution is 2.30. The predicted octanol–water partition coefficient (Wildman–Crippen LogP) is 2.88. The van der Waals surface area contributed by atoms with Crippen molar-refractivity contribution in [3.8, 4) is 0 Å². The fourth-order valence-electron chi connectivity index (χ4n) is 2.06. The van der Waals surface area contributed by atoms with Crippen LogP contribution in [0.3, 0.4) is 0 Å². The van der Waals surface area contributed by atoms with E-state index in [4.69, 9.17) is 4.42 Å². The molecule has 0 unspecified atom stereocenters. The SMILES string of the molecule is Cc1ccc(/C=C(\CC(=O)[O-])c2nc3ccccc3s2)o1. The Morgan fingerprint density at radius 3 is 2.81 bits per heavy atom. The highest BCUT2D eigenvalue weighted by Gasteiger charge is 2.10. The predicted molar refractivity (Wildman–Crippen MR) is 80.6 cm³/mol. The topological polar surface area (TPSA) is 66.2 Å². The number of rotatable bonds is 4. The van der Waals surface area contributed by atoms with Crippen molar-refractivity contribution < 1.29 is 14.3 Å². The van der Waals surface area contributed by atoms with Crippen molar-refractivity contribution >= 4 is 39.2 Å². The van der Waals surface area contributed by atoms with Gasteiger partial charge in [0.05, 0.1) is 10.2 Å². The summed E-state index contributed by atoms with van der Waals surface area (Å²) in [6.07, 6.45) is 1.51. The average molecular weight is 298 g/mol. The Balaban J connectivity index is 2.06. The van der Waals surface area contributed by atoms with Gasteiger partial charge in [0.1, 0.15) is 16.5 Å². The molecule has 0 amide bonds. The molecule has 2 aromatic heterocycles. The van der Waals surface area contributed by atoms with Gasteiger partial charge in [-0.05, 0) is 42.8 Å². The van der Waals surface area contributed by atoms with Crippen molar-refractivity contribution in [3.05, 3.63) is 52.9 Å². The van der Waals surface area contributed by atoms with Crippen LogP contribution in [0.5, 0.6) is 0 Å². The van der Waals surface area contributed by atoms with Crippen LogP contribution in [0.2, 0.25) is 0 Å². The van der Waals surface area contributed by atoms with Gasteiger partial charge in [-0.2, -0.15) is 0 Å². The molecule has 0 radical (unpaired) electrons. The lowest BCUT2D eigenvalue weighted by molar-refractivity contribution is -0.304. The lowest BCUT2D eigenvalue weighted by Gasteiger charge is -2.04. The lowest BCUT2D eigenvalue weighted by atomic mass is 10.1. The Hall–Kier alpha value is -2.40. The maximum Gasteiger partial charge on any atom is 0.127 e. The molecule has 0 atom stereocenters. The minimum Gasteiger partial charge on any atom is -0.550 e. The Bertz CT molecular complexity index is 796. The van der Waals surface area contributed by atoms with Crippen LogP contribution in [-0.4, -0.2) is 11.0 Å². The highest BCUT2D eigenvalue weighted by molar-refractivity contribution is 7.19. The Morgan fingerprint density at radius 1 is 1.33 bits per heavy atom. The molecule has 0 saturated heterocycles. The van der Waals surface area contributed by atoms with Gasteiger partial charge in [-0.25, -0.2) is 4.98 Å². The summed E-state index contributed by atoms with van der Waals surface area (Å²) in [5, 5.41) is 11.7. The molecule has 0 spiro atoms. The third-order valence-corrected chi connectivity index (χ3v) is 4.09. The van der Waals surface area contributed by atoms with E-state index in [0.717, 1.165) is 16.0 Å². The van der Waals surface area contributed by atoms with Gasteiger partial charge in [0.2, 0.25) is 0 Å². The number of carbonyl (C=O) groups is 1. The van der Waals surface area contributed by atoms with E-state index in [1.807, 2.05) is 37.3 Å². The van der Waals surface area contributed by atoms with E-state index in [1.165, 1.54) is 11.3 Å². The number of thiazole rings is 1. The number of nitrogens with zero attached hydrogens (tertiary/aromatic N) is 1. The van der Waals surface area contributed by atoms with Crippen LogP contribution in [0.15, 0.2) is 40.8 Å². The van der Waals surface area contributed by atoms with Crippen LogP contribution in [0, 0.1) is 6.92 Å². The van der Waals surface area contributed by atoms with E-state index in [9.17, 15) is 9.90 Å². The van der Waals surface area contributed by atoms with Gasteiger partial charge in [-0.3, -0.25) is 0 Å². The highest BCUT2D eigenvalue weighted by atomic mass is 32.1. The van der Waals surface area contributed by atoms with Crippen LogP contribution in [0.25, 0.3) is 21.9 Å². The summed E-state index contributed by atoms with van der Waals surface area (Å²) in [7, 11) is 0. The number of benzene rings is 1. The van der Waals surface area contributed by atoms with E-state index in [1.54, 1.807) is 12.1 Å². The van der Waals surface area contributed by atoms with Gasteiger partial charge >= 0.3 is 0 Å². The maximum absolute atomic E-state index is 11.0. The second-order valence-electron chi connectivity index (χ2n) is 4.65. The summed E-state index contributed by atoms with van der Waals surface area (Å²) < 4.78 is 6.50. The molecule has 0 N–H and O–H groups in total. The number of carbonyl (C=O) groups excluding carboxylic acids is 1. The normalized spacial score (nSPS) is 12.0. The van der Waals surface area contributed by atoms with Crippen LogP contribution in [0.4, 0.5) is 0 Å². The average Bonchev–Trinajstić information content (AvgIpc) is 3.03. The summed E-state index contributed by atoms with van der Waals surface area (Å²) >= 11 is 1.46. The van der Waals surface area contributed by atoms with Gasteiger partial charge < -0.3 is 14.3 Å². The molecule has 2 heterocycles. The van der Waals surface area contributed by atoms with Gasteiger partial charge in [0, 0.05) is 12.4 Å². The van der Waals surface area contributed by atoms with Crippen molar-refractivity contribution in [1.82, 2.24) is 4.98 Å². The van der Waals surface area contributed by atoms with Crippen LogP contribution < -0.4 is 5.11 Å². The molecule has 1 aromatic carbocycles. The third-order valence-electron chi connectivity index (χ3n) is 2.98. The van der Waals surface area contributed by atoms with Crippen molar-refractivity contribution in [2.24, 2.45) is 0 Å². The second kappa shape index (κ2) is 5.54. The number of hydrogen-bond donors (Lipinski definition) is 0. The van der Waals surface area contributed by atoms with Gasteiger partial charge in [-0.1, -0.05) is 12.1 Å². The molecule has 4 nitrogen and oxygen atoms in total. The monoisotopic (exact) mass is 298 g/mol. The number of furan rings is 1. The van der Waals surface area contributed by atoms with E-state index in [2.05, 4.69) is 4.98 Å². The number of hydrogen-bond acceptors (Lipinski definition) is 5. The number of para-hydroxylation sites is 1.